The molecule has 6 nitrogen and oxygen atoms in total. The molecule has 1 heterocycles. The Bertz CT molecular complexity index is 1160. The van der Waals surface area contributed by atoms with Gasteiger partial charge in [0.2, 0.25) is 0 Å². The van der Waals surface area contributed by atoms with E-state index in [-0.39, 0.29) is 17.1 Å². The molecule has 1 unspecified atom stereocenters. The molecule has 0 saturated heterocycles. The number of benzene rings is 3. The minimum absolute atomic E-state index is 0.0496. The minimum atomic E-state index is -0.386. The fraction of sp³-hybridized carbons (Fsp3) is 0.231. The molecule has 7 heteroatoms. The molecule has 1 amide bonds. The monoisotopic (exact) mass is 463 g/mol. The van der Waals surface area contributed by atoms with E-state index in [0.29, 0.717) is 35.8 Å². The molecule has 0 saturated carbocycles. The molecule has 1 aliphatic rings. The van der Waals surface area contributed by atoms with Gasteiger partial charge in [0, 0.05) is 17.9 Å². The number of hydrogen-bond donors (Lipinski definition) is 1. The molecule has 0 aromatic heterocycles. The van der Waals surface area contributed by atoms with Crippen molar-refractivity contribution in [2.45, 2.75) is 11.9 Å². The Morgan fingerprint density at radius 3 is 2.64 bits per heavy atom. The van der Waals surface area contributed by atoms with Crippen LogP contribution in [0.3, 0.4) is 0 Å². The Hall–Kier alpha value is -3.45. The molecule has 33 heavy (non-hydrogen) atoms. The van der Waals surface area contributed by atoms with Gasteiger partial charge in [-0.25, -0.2) is 4.79 Å². The summed E-state index contributed by atoms with van der Waals surface area (Å²) in [4.78, 5) is 24.7. The largest absolute Gasteiger partial charge is 0.496 e. The van der Waals surface area contributed by atoms with Gasteiger partial charge in [-0.05, 0) is 41.5 Å². The van der Waals surface area contributed by atoms with Gasteiger partial charge in [0.25, 0.3) is 5.91 Å². The SMILES string of the molecule is COC(=O)c1ccc2c(c1)C(SCCNC(=O)c1ccccc1OC)c1ccccc1CO2. The topological polar surface area (TPSA) is 73.9 Å². The summed E-state index contributed by atoms with van der Waals surface area (Å²) in [6.45, 7) is 0.940. The van der Waals surface area contributed by atoms with Crippen LogP contribution in [0, 0.1) is 0 Å². The second kappa shape index (κ2) is 10.4. The lowest BCUT2D eigenvalue weighted by Gasteiger charge is -2.19. The molecular formula is C26H25NO5S. The van der Waals surface area contributed by atoms with Crippen LogP contribution in [-0.4, -0.2) is 38.4 Å². The van der Waals surface area contributed by atoms with Crippen molar-refractivity contribution in [1.82, 2.24) is 5.32 Å². The average Bonchev–Trinajstić information content (AvgIpc) is 3.02. The predicted molar refractivity (Wildman–Crippen MR) is 128 cm³/mol. The van der Waals surface area contributed by atoms with Gasteiger partial charge in [0.15, 0.2) is 0 Å². The van der Waals surface area contributed by atoms with Crippen LogP contribution in [0.4, 0.5) is 0 Å². The first-order chi connectivity index (χ1) is 16.1. The van der Waals surface area contributed by atoms with E-state index in [0.717, 1.165) is 22.4 Å². The van der Waals surface area contributed by atoms with Gasteiger partial charge in [0.1, 0.15) is 18.1 Å². The molecule has 0 aliphatic carbocycles. The van der Waals surface area contributed by atoms with Crippen molar-refractivity contribution in [2.75, 3.05) is 26.5 Å². The molecule has 0 fully saturated rings. The second-order valence-corrected chi connectivity index (χ2v) is 8.65. The third-order valence-corrected chi connectivity index (χ3v) is 6.74. The maximum absolute atomic E-state index is 12.6. The third kappa shape index (κ3) is 4.98. The molecule has 0 bridgehead atoms. The Morgan fingerprint density at radius 2 is 1.82 bits per heavy atom. The van der Waals surface area contributed by atoms with Crippen molar-refractivity contribution in [3.63, 3.8) is 0 Å². The van der Waals surface area contributed by atoms with E-state index in [2.05, 4.69) is 17.4 Å². The van der Waals surface area contributed by atoms with E-state index in [1.807, 2.05) is 36.4 Å². The van der Waals surface area contributed by atoms with Crippen LogP contribution in [0.5, 0.6) is 11.5 Å². The zero-order valence-electron chi connectivity index (χ0n) is 18.5. The Kier molecular flexibility index (Phi) is 7.19. The number of nitrogens with one attached hydrogen (secondary N) is 1. The number of rotatable bonds is 7. The van der Waals surface area contributed by atoms with Crippen molar-refractivity contribution in [2.24, 2.45) is 0 Å². The molecule has 1 N–H and O–H groups in total. The van der Waals surface area contributed by atoms with Crippen molar-refractivity contribution < 1.29 is 23.8 Å². The average molecular weight is 464 g/mol. The van der Waals surface area contributed by atoms with Crippen LogP contribution in [0.1, 0.15) is 42.7 Å². The second-order valence-electron chi connectivity index (χ2n) is 7.44. The lowest BCUT2D eigenvalue weighted by Crippen LogP contribution is -2.26. The first-order valence-electron chi connectivity index (χ1n) is 10.6. The van der Waals surface area contributed by atoms with Crippen molar-refractivity contribution in [1.29, 1.82) is 0 Å². The summed E-state index contributed by atoms with van der Waals surface area (Å²) in [5.41, 5.74) is 4.15. The fourth-order valence-electron chi connectivity index (χ4n) is 3.82. The van der Waals surface area contributed by atoms with Crippen molar-refractivity contribution in [3.05, 3.63) is 94.5 Å². The van der Waals surface area contributed by atoms with Crippen LogP contribution < -0.4 is 14.8 Å². The molecule has 1 atom stereocenters. The number of fused-ring (bicyclic) bond motifs is 2. The van der Waals surface area contributed by atoms with Gasteiger partial charge in [-0.1, -0.05) is 36.4 Å². The highest BCUT2D eigenvalue weighted by atomic mass is 32.2. The van der Waals surface area contributed by atoms with Gasteiger partial charge in [0.05, 0.1) is 30.6 Å². The first kappa shape index (κ1) is 22.7. The number of ether oxygens (including phenoxy) is 3. The van der Waals surface area contributed by atoms with Gasteiger partial charge in [-0.15, -0.1) is 11.8 Å². The summed E-state index contributed by atoms with van der Waals surface area (Å²) in [6.07, 6.45) is 0. The molecule has 4 rings (SSSR count). The van der Waals surface area contributed by atoms with Gasteiger partial charge in [-0.3, -0.25) is 4.79 Å². The number of methoxy groups -OCH3 is 2. The first-order valence-corrected chi connectivity index (χ1v) is 11.6. The molecule has 3 aromatic rings. The van der Waals surface area contributed by atoms with Gasteiger partial charge >= 0.3 is 5.97 Å². The number of thioether (sulfide) groups is 1. The molecule has 3 aromatic carbocycles. The molecule has 0 radical (unpaired) electrons. The predicted octanol–water partition coefficient (Wildman–Crippen LogP) is 4.63. The minimum Gasteiger partial charge on any atom is -0.496 e. The van der Waals surface area contributed by atoms with Crippen molar-refractivity contribution >= 4 is 23.6 Å². The molecule has 170 valence electrons. The number of para-hydroxylation sites is 1. The van der Waals surface area contributed by atoms with Crippen molar-refractivity contribution in [3.8, 4) is 11.5 Å². The fourth-order valence-corrected chi connectivity index (χ4v) is 5.05. The highest BCUT2D eigenvalue weighted by molar-refractivity contribution is 7.99. The highest BCUT2D eigenvalue weighted by Gasteiger charge is 2.26. The molecular weight excluding hydrogens is 438 g/mol. The summed E-state index contributed by atoms with van der Waals surface area (Å²) in [7, 11) is 2.92. The van der Waals surface area contributed by atoms with E-state index in [1.165, 1.54) is 7.11 Å². The van der Waals surface area contributed by atoms with E-state index >= 15 is 0 Å². The maximum atomic E-state index is 12.6. The summed E-state index contributed by atoms with van der Waals surface area (Å²) in [6, 6.07) is 20.7. The standard InChI is InChI=1S/C26H25NO5S/c1-30-22-10-6-5-9-20(22)25(28)27-13-14-33-24-19-8-4-3-7-18(19)16-32-23-12-11-17(15-21(23)24)26(29)31-2/h3-12,15,24H,13-14,16H2,1-2H3,(H,27,28). The molecule has 0 spiro atoms. The smallest absolute Gasteiger partial charge is 0.337 e. The van der Waals surface area contributed by atoms with Crippen LogP contribution >= 0.6 is 11.8 Å². The van der Waals surface area contributed by atoms with Gasteiger partial charge < -0.3 is 19.5 Å². The summed E-state index contributed by atoms with van der Waals surface area (Å²) in [5.74, 6) is 1.40. The summed E-state index contributed by atoms with van der Waals surface area (Å²) >= 11 is 1.69. The third-order valence-electron chi connectivity index (χ3n) is 5.46. The zero-order chi connectivity index (χ0) is 23.2. The lowest BCUT2D eigenvalue weighted by atomic mass is 9.98. The Morgan fingerprint density at radius 1 is 1.03 bits per heavy atom. The van der Waals surface area contributed by atoms with Crippen LogP contribution in [0.25, 0.3) is 0 Å². The number of esters is 1. The molecule has 1 aliphatic heterocycles. The number of carbonyl (C=O) groups excluding carboxylic acids is 2. The number of carbonyl (C=O) groups is 2. The highest BCUT2D eigenvalue weighted by Crippen LogP contribution is 2.44. The van der Waals surface area contributed by atoms with Crippen LogP contribution in [0.15, 0.2) is 66.7 Å². The van der Waals surface area contributed by atoms with Crippen LogP contribution in [0.2, 0.25) is 0 Å². The van der Waals surface area contributed by atoms with E-state index < -0.39 is 0 Å². The maximum Gasteiger partial charge on any atom is 0.337 e. The van der Waals surface area contributed by atoms with Crippen LogP contribution in [-0.2, 0) is 11.3 Å². The van der Waals surface area contributed by atoms with Gasteiger partial charge in [-0.2, -0.15) is 0 Å². The summed E-state index contributed by atoms with van der Waals surface area (Å²) < 4.78 is 16.2. The lowest BCUT2D eigenvalue weighted by molar-refractivity contribution is 0.0600. The van der Waals surface area contributed by atoms with E-state index in [1.54, 1.807) is 37.1 Å². The Balaban J connectivity index is 1.53. The summed E-state index contributed by atoms with van der Waals surface area (Å²) in [5, 5.41) is 2.92. The van der Waals surface area contributed by atoms with E-state index in [4.69, 9.17) is 14.2 Å². The Labute approximate surface area is 197 Å². The number of hydrogen-bond acceptors (Lipinski definition) is 6. The van der Waals surface area contributed by atoms with E-state index in [9.17, 15) is 9.59 Å². The quantitative estimate of drug-likeness (QED) is 0.407. The normalized spacial score (nSPS) is 14.2. The zero-order valence-corrected chi connectivity index (χ0v) is 19.3. The number of amides is 1.